The second-order valence-electron chi connectivity index (χ2n) is 3.33. The highest BCUT2D eigenvalue weighted by Crippen LogP contribution is 2.22. The molecular weight excluding hydrogens is 230 g/mol. The minimum Gasteiger partial charge on any atom is -0.469 e. The van der Waals surface area contributed by atoms with Gasteiger partial charge in [-0.1, -0.05) is 11.8 Å². The smallest absolute Gasteiger partial charge is 0.307 e. The predicted molar refractivity (Wildman–Crippen MR) is 62.4 cm³/mol. The molecule has 1 aliphatic heterocycles. The van der Waals surface area contributed by atoms with Gasteiger partial charge in [0.25, 0.3) is 0 Å². The number of ether oxygens (including phenoxy) is 1. The molecule has 1 saturated heterocycles. The lowest BCUT2D eigenvalue weighted by Crippen LogP contribution is -2.26. The van der Waals surface area contributed by atoms with Gasteiger partial charge < -0.3 is 10.1 Å². The second-order valence-corrected chi connectivity index (χ2v) is 4.52. The summed E-state index contributed by atoms with van der Waals surface area (Å²) in [5, 5.41) is 10.2. The highest BCUT2D eigenvalue weighted by molar-refractivity contribution is 8.15. The molecule has 0 aromatic heterocycles. The zero-order chi connectivity index (χ0) is 12.1. The molecule has 6 nitrogen and oxygen atoms in total. The van der Waals surface area contributed by atoms with Crippen LogP contribution in [0.15, 0.2) is 10.2 Å². The molecule has 0 radical (unpaired) electrons. The minimum absolute atomic E-state index is 0.0425. The zero-order valence-corrected chi connectivity index (χ0v) is 10.1. The third-order valence-corrected chi connectivity index (χ3v) is 2.77. The molecule has 1 heterocycles. The molecule has 7 heteroatoms. The summed E-state index contributed by atoms with van der Waals surface area (Å²) in [5.74, 6) is -0.651. The molecule has 0 saturated carbocycles. The van der Waals surface area contributed by atoms with E-state index in [4.69, 9.17) is 0 Å². The molecule has 16 heavy (non-hydrogen) atoms. The number of esters is 1. The second kappa shape index (κ2) is 5.64. The normalized spacial score (nSPS) is 21.8. The van der Waals surface area contributed by atoms with Gasteiger partial charge in [0.1, 0.15) is 5.25 Å². The summed E-state index contributed by atoms with van der Waals surface area (Å²) in [4.78, 5) is 22.4. The van der Waals surface area contributed by atoms with Crippen LogP contribution in [0.5, 0.6) is 0 Å². The third-order valence-electron chi connectivity index (χ3n) is 1.70. The lowest BCUT2D eigenvalue weighted by Gasteiger charge is -2.01. The number of hydrogen-bond acceptors (Lipinski definition) is 6. The number of hydrogen-bond donors (Lipinski definition) is 1. The number of nitrogens with one attached hydrogen (secondary N) is 1. The Morgan fingerprint density at radius 2 is 2.25 bits per heavy atom. The summed E-state index contributed by atoms with van der Waals surface area (Å²) in [6.45, 7) is 3.61. The van der Waals surface area contributed by atoms with Crippen LogP contribution in [0.1, 0.15) is 20.3 Å². The average Bonchev–Trinajstić information content (AvgIpc) is 2.56. The molecule has 1 atom stereocenters. The van der Waals surface area contributed by atoms with Crippen molar-refractivity contribution in [2.24, 2.45) is 10.2 Å². The Labute approximate surface area is 97.5 Å². The molecule has 1 fully saturated rings. The van der Waals surface area contributed by atoms with Gasteiger partial charge in [-0.05, 0) is 13.8 Å². The van der Waals surface area contributed by atoms with Crippen LogP contribution in [-0.4, -0.2) is 35.1 Å². The van der Waals surface area contributed by atoms with Gasteiger partial charge in [-0.2, -0.15) is 5.10 Å². The molecule has 0 spiro atoms. The first kappa shape index (κ1) is 12.7. The van der Waals surface area contributed by atoms with Crippen LogP contribution in [0.4, 0.5) is 0 Å². The Morgan fingerprint density at radius 1 is 1.56 bits per heavy atom. The molecule has 1 unspecified atom stereocenters. The Kier molecular flexibility index (Phi) is 4.48. The Balaban J connectivity index is 2.60. The maximum atomic E-state index is 11.4. The summed E-state index contributed by atoms with van der Waals surface area (Å²) >= 11 is 1.19. The van der Waals surface area contributed by atoms with Crippen molar-refractivity contribution >= 4 is 34.5 Å². The lowest BCUT2D eigenvalue weighted by molar-refractivity contribution is -0.141. The van der Waals surface area contributed by atoms with Crippen molar-refractivity contribution in [3.63, 3.8) is 0 Å². The van der Waals surface area contributed by atoms with Crippen molar-refractivity contribution in [1.29, 1.82) is 0 Å². The number of nitrogens with zero attached hydrogens (tertiary/aromatic N) is 2. The number of thioether (sulfide) groups is 1. The van der Waals surface area contributed by atoms with Crippen LogP contribution >= 0.6 is 11.8 Å². The van der Waals surface area contributed by atoms with E-state index in [0.717, 1.165) is 5.71 Å². The number of carbonyl (C=O) groups is 2. The van der Waals surface area contributed by atoms with E-state index in [1.807, 2.05) is 0 Å². The van der Waals surface area contributed by atoms with E-state index in [9.17, 15) is 9.59 Å². The van der Waals surface area contributed by atoms with E-state index in [1.54, 1.807) is 13.8 Å². The van der Waals surface area contributed by atoms with Gasteiger partial charge in [0.05, 0.1) is 13.5 Å². The summed E-state index contributed by atoms with van der Waals surface area (Å²) in [6.07, 6.45) is 0.0425. The van der Waals surface area contributed by atoms with Gasteiger partial charge in [0.15, 0.2) is 5.17 Å². The topological polar surface area (TPSA) is 80.1 Å². The van der Waals surface area contributed by atoms with E-state index < -0.39 is 11.2 Å². The molecule has 1 aliphatic rings. The average molecular weight is 243 g/mol. The molecule has 0 aromatic rings. The number of methoxy groups -OCH3 is 1. The van der Waals surface area contributed by atoms with Gasteiger partial charge in [0, 0.05) is 5.71 Å². The summed E-state index contributed by atoms with van der Waals surface area (Å²) in [7, 11) is 1.29. The van der Waals surface area contributed by atoms with Crippen molar-refractivity contribution in [3.8, 4) is 0 Å². The van der Waals surface area contributed by atoms with Gasteiger partial charge in [-0.25, -0.2) is 0 Å². The first-order chi connectivity index (χ1) is 7.52. The number of amides is 1. The molecule has 1 rings (SSSR count). The SMILES string of the molecule is COC(=O)CC1S/C(=N/N=C(C)C)NC1=O. The van der Waals surface area contributed by atoms with Crippen molar-refractivity contribution in [3.05, 3.63) is 0 Å². The largest absolute Gasteiger partial charge is 0.469 e. The van der Waals surface area contributed by atoms with E-state index in [-0.39, 0.29) is 12.3 Å². The molecule has 0 bridgehead atoms. The first-order valence-electron chi connectivity index (χ1n) is 4.66. The van der Waals surface area contributed by atoms with Crippen LogP contribution in [0.25, 0.3) is 0 Å². The molecule has 88 valence electrons. The molecule has 1 amide bonds. The highest BCUT2D eigenvalue weighted by Gasteiger charge is 2.32. The maximum Gasteiger partial charge on any atom is 0.307 e. The van der Waals surface area contributed by atoms with Crippen LogP contribution in [-0.2, 0) is 14.3 Å². The number of rotatable bonds is 3. The van der Waals surface area contributed by atoms with E-state index in [2.05, 4.69) is 20.3 Å². The van der Waals surface area contributed by atoms with Gasteiger partial charge in [-0.15, -0.1) is 5.10 Å². The standard InChI is InChI=1S/C9H13N3O3S/c1-5(2)11-12-9-10-8(14)6(16-9)4-7(13)15-3/h6H,4H2,1-3H3,(H,10,12,14). The van der Waals surface area contributed by atoms with Crippen LogP contribution in [0, 0.1) is 0 Å². The minimum atomic E-state index is -0.474. The summed E-state index contributed by atoms with van der Waals surface area (Å²) < 4.78 is 4.49. The predicted octanol–water partition coefficient (Wildman–Crippen LogP) is 0.533. The number of carbonyl (C=O) groups excluding carboxylic acids is 2. The van der Waals surface area contributed by atoms with Crippen molar-refractivity contribution in [2.75, 3.05) is 7.11 Å². The summed E-state index contributed by atoms with van der Waals surface area (Å²) in [5.41, 5.74) is 0.791. The fourth-order valence-electron chi connectivity index (χ4n) is 0.967. The van der Waals surface area contributed by atoms with E-state index in [0.29, 0.717) is 5.17 Å². The molecule has 1 N–H and O–H groups in total. The van der Waals surface area contributed by atoms with E-state index >= 15 is 0 Å². The third kappa shape index (κ3) is 3.65. The lowest BCUT2D eigenvalue weighted by atomic mass is 10.3. The zero-order valence-electron chi connectivity index (χ0n) is 9.31. The van der Waals surface area contributed by atoms with Gasteiger partial charge >= 0.3 is 5.97 Å². The van der Waals surface area contributed by atoms with Gasteiger partial charge in [0.2, 0.25) is 5.91 Å². The summed E-state index contributed by atoms with van der Waals surface area (Å²) in [6, 6.07) is 0. The number of amidine groups is 1. The molecule has 0 aromatic carbocycles. The molecular formula is C9H13N3O3S. The van der Waals surface area contributed by atoms with Crippen molar-refractivity contribution < 1.29 is 14.3 Å². The Hall–Kier alpha value is -1.37. The Bertz CT molecular complexity index is 361. The van der Waals surface area contributed by atoms with Crippen LogP contribution < -0.4 is 5.32 Å². The van der Waals surface area contributed by atoms with Gasteiger partial charge in [-0.3, -0.25) is 9.59 Å². The van der Waals surface area contributed by atoms with E-state index in [1.165, 1.54) is 18.9 Å². The van der Waals surface area contributed by atoms with Crippen molar-refractivity contribution in [1.82, 2.24) is 5.32 Å². The Morgan fingerprint density at radius 3 is 2.81 bits per heavy atom. The van der Waals surface area contributed by atoms with Crippen molar-refractivity contribution in [2.45, 2.75) is 25.5 Å². The maximum absolute atomic E-state index is 11.4. The molecule has 0 aliphatic carbocycles. The highest BCUT2D eigenvalue weighted by atomic mass is 32.2. The first-order valence-corrected chi connectivity index (χ1v) is 5.54. The monoisotopic (exact) mass is 243 g/mol. The van der Waals surface area contributed by atoms with Crippen LogP contribution in [0.2, 0.25) is 0 Å². The fourth-order valence-corrected chi connectivity index (χ4v) is 1.87. The van der Waals surface area contributed by atoms with Crippen LogP contribution in [0.3, 0.4) is 0 Å². The quantitative estimate of drug-likeness (QED) is 0.445. The fraction of sp³-hybridized carbons (Fsp3) is 0.556.